The number of carboxylic acids is 1. The van der Waals surface area contributed by atoms with E-state index in [9.17, 15) is 14.7 Å². The number of oxime groups is 1. The van der Waals surface area contributed by atoms with Gasteiger partial charge in [0.2, 0.25) is 0 Å². The van der Waals surface area contributed by atoms with Crippen LogP contribution in [0.1, 0.15) is 13.3 Å². The molecular formula is C11H9N2NaO4S. The predicted octanol–water partition coefficient (Wildman–Crippen LogP) is -3.41. The van der Waals surface area contributed by atoms with E-state index >= 15 is 0 Å². The Kier molecular flexibility index (Phi) is 4.10. The predicted molar refractivity (Wildman–Crippen MR) is 62.0 cm³/mol. The minimum atomic E-state index is -1.33. The molecule has 0 N–H and O–H groups in total. The summed E-state index contributed by atoms with van der Waals surface area (Å²) < 4.78 is 0. The van der Waals surface area contributed by atoms with Crippen LogP contribution in [0.5, 0.6) is 0 Å². The van der Waals surface area contributed by atoms with E-state index in [1.54, 1.807) is 6.08 Å². The summed E-state index contributed by atoms with van der Waals surface area (Å²) in [4.78, 5) is 29.0. The van der Waals surface area contributed by atoms with Crippen LogP contribution in [0, 0.1) is 0 Å². The van der Waals surface area contributed by atoms with Crippen LogP contribution >= 0.6 is 11.8 Å². The van der Waals surface area contributed by atoms with Crippen LogP contribution in [0.4, 0.5) is 0 Å². The number of amides is 1. The third kappa shape index (κ3) is 2.35. The van der Waals surface area contributed by atoms with Crippen LogP contribution in [0.25, 0.3) is 0 Å². The Labute approximate surface area is 135 Å². The minimum absolute atomic E-state index is 0. The molecule has 1 amide bonds. The zero-order valence-corrected chi connectivity index (χ0v) is 13.3. The monoisotopic (exact) mass is 288 g/mol. The molecule has 1 unspecified atom stereocenters. The minimum Gasteiger partial charge on any atom is -0.543 e. The molecule has 3 rings (SSSR count). The molecule has 0 aliphatic carbocycles. The molecule has 8 heteroatoms. The van der Waals surface area contributed by atoms with Gasteiger partial charge < -0.3 is 14.7 Å². The fourth-order valence-corrected chi connectivity index (χ4v) is 3.22. The standard InChI is InChI=1S/C11H10N2O4S.Na/c1-5-2-6(17-12-5)3-7-9(14)13-8(11(15)16)4-18-10(7)13;/h3-4,6,10H,2H2,1H3,(H,15,16);/q;+1/p-1/b7-3-;/t6?,10-;/m1./s1. The maximum absolute atomic E-state index is 11.8. The Morgan fingerprint density at radius 3 is 3.00 bits per heavy atom. The summed E-state index contributed by atoms with van der Waals surface area (Å²) in [5.41, 5.74) is 1.39. The third-order valence-electron chi connectivity index (χ3n) is 2.95. The van der Waals surface area contributed by atoms with E-state index < -0.39 is 5.97 Å². The van der Waals surface area contributed by atoms with Crippen molar-refractivity contribution in [1.29, 1.82) is 0 Å². The second kappa shape index (κ2) is 5.32. The molecule has 2 atom stereocenters. The van der Waals surface area contributed by atoms with Crippen molar-refractivity contribution in [3.63, 3.8) is 0 Å². The third-order valence-corrected chi connectivity index (χ3v) is 4.03. The van der Waals surface area contributed by atoms with Gasteiger partial charge in [0.15, 0.2) is 6.10 Å². The molecule has 3 heterocycles. The van der Waals surface area contributed by atoms with Crippen LogP contribution in [0.3, 0.4) is 0 Å². The number of aliphatic carboxylic acids is 1. The number of nitrogens with zero attached hydrogens (tertiary/aromatic N) is 2. The number of carbonyl (C=O) groups excluding carboxylic acids is 2. The van der Waals surface area contributed by atoms with E-state index in [-0.39, 0.29) is 52.6 Å². The average molecular weight is 288 g/mol. The molecule has 0 aromatic rings. The molecule has 6 nitrogen and oxygen atoms in total. The first kappa shape index (κ1) is 14.6. The van der Waals surface area contributed by atoms with Crippen LogP contribution in [0.15, 0.2) is 27.9 Å². The topological polar surface area (TPSA) is 82.0 Å². The summed E-state index contributed by atoms with van der Waals surface area (Å²) >= 11 is 1.29. The van der Waals surface area contributed by atoms with Crippen LogP contribution in [0.2, 0.25) is 0 Å². The van der Waals surface area contributed by atoms with E-state index in [0.717, 1.165) is 5.71 Å². The quantitative estimate of drug-likeness (QED) is 0.300. The van der Waals surface area contributed by atoms with Crippen molar-refractivity contribution in [3.05, 3.63) is 22.8 Å². The van der Waals surface area contributed by atoms with Crippen molar-refractivity contribution >= 4 is 29.4 Å². The molecule has 0 aromatic heterocycles. The fourth-order valence-electron chi connectivity index (χ4n) is 2.09. The first-order valence-electron chi connectivity index (χ1n) is 5.39. The number of rotatable bonds is 2. The van der Waals surface area contributed by atoms with E-state index in [1.165, 1.54) is 22.1 Å². The first-order chi connectivity index (χ1) is 8.58. The molecule has 1 saturated heterocycles. The average Bonchev–Trinajstić information content (AvgIpc) is 2.89. The fraction of sp³-hybridized carbons (Fsp3) is 0.364. The zero-order valence-electron chi connectivity index (χ0n) is 10.5. The van der Waals surface area contributed by atoms with Crippen molar-refractivity contribution in [2.45, 2.75) is 24.8 Å². The summed E-state index contributed by atoms with van der Waals surface area (Å²) in [6.07, 6.45) is 2.16. The summed E-state index contributed by atoms with van der Waals surface area (Å²) in [5.74, 6) is -1.62. The molecule has 0 bridgehead atoms. The molecule has 3 aliphatic rings. The Hall–Kier alpha value is -0.760. The van der Waals surface area contributed by atoms with Crippen molar-refractivity contribution in [2.75, 3.05) is 0 Å². The number of hydrogen-bond acceptors (Lipinski definition) is 6. The summed E-state index contributed by atoms with van der Waals surface area (Å²) in [5, 5.41) is 15.8. The van der Waals surface area contributed by atoms with Gasteiger partial charge in [-0.05, 0) is 18.4 Å². The van der Waals surface area contributed by atoms with Gasteiger partial charge in [0.05, 0.1) is 23.0 Å². The molecule has 3 aliphatic heterocycles. The van der Waals surface area contributed by atoms with Gasteiger partial charge in [-0.25, -0.2) is 0 Å². The smallest absolute Gasteiger partial charge is 0.543 e. The number of carbonyl (C=O) groups is 2. The van der Waals surface area contributed by atoms with Crippen molar-refractivity contribution < 1.29 is 49.1 Å². The number of fused-ring (bicyclic) bond motifs is 1. The second-order valence-corrected chi connectivity index (χ2v) is 5.21. The Balaban J connectivity index is 0.00000133. The Bertz CT molecular complexity index is 543. The number of carboxylic acid groups (broad SMARTS) is 1. The van der Waals surface area contributed by atoms with Gasteiger partial charge in [-0.3, -0.25) is 9.69 Å². The number of β-lactam (4-membered cyclic amide) rings is 1. The zero-order chi connectivity index (χ0) is 12.9. The summed E-state index contributed by atoms with van der Waals surface area (Å²) in [6.45, 7) is 1.85. The van der Waals surface area contributed by atoms with Gasteiger partial charge >= 0.3 is 29.6 Å². The molecular weight excluding hydrogens is 279 g/mol. The molecule has 0 radical (unpaired) electrons. The normalized spacial score (nSPS) is 30.1. The van der Waals surface area contributed by atoms with Crippen LogP contribution in [-0.2, 0) is 14.4 Å². The molecule has 0 aromatic carbocycles. The van der Waals surface area contributed by atoms with Gasteiger partial charge in [0.25, 0.3) is 5.91 Å². The van der Waals surface area contributed by atoms with Crippen molar-refractivity contribution in [2.24, 2.45) is 5.16 Å². The molecule has 94 valence electrons. The maximum Gasteiger partial charge on any atom is 1.00 e. The first-order valence-corrected chi connectivity index (χ1v) is 6.34. The number of thioether (sulfide) groups is 1. The Morgan fingerprint density at radius 1 is 1.68 bits per heavy atom. The van der Waals surface area contributed by atoms with E-state index in [4.69, 9.17) is 4.84 Å². The van der Waals surface area contributed by atoms with Crippen molar-refractivity contribution in [1.82, 2.24) is 4.90 Å². The Morgan fingerprint density at radius 2 is 2.42 bits per heavy atom. The largest absolute Gasteiger partial charge is 1.00 e. The molecule has 1 fully saturated rings. The van der Waals surface area contributed by atoms with Gasteiger partial charge in [0.1, 0.15) is 5.37 Å². The van der Waals surface area contributed by atoms with Crippen molar-refractivity contribution in [3.8, 4) is 0 Å². The molecule has 0 saturated carbocycles. The van der Waals surface area contributed by atoms with E-state index in [2.05, 4.69) is 5.16 Å². The van der Waals surface area contributed by atoms with E-state index in [0.29, 0.717) is 12.0 Å². The van der Waals surface area contributed by atoms with Crippen LogP contribution < -0.4 is 34.7 Å². The van der Waals surface area contributed by atoms with E-state index in [1.807, 2.05) is 6.92 Å². The summed E-state index contributed by atoms with van der Waals surface area (Å²) in [7, 11) is 0. The van der Waals surface area contributed by atoms with Gasteiger partial charge in [-0.1, -0.05) is 5.16 Å². The molecule has 19 heavy (non-hydrogen) atoms. The number of hydrogen-bond donors (Lipinski definition) is 0. The second-order valence-electron chi connectivity index (χ2n) is 4.25. The molecule has 0 spiro atoms. The van der Waals surface area contributed by atoms with Gasteiger partial charge in [-0.2, -0.15) is 0 Å². The SMILES string of the molecule is CC1=NOC(/C=C2/C(=O)N3C(C(=O)[O-])=CS[C@H]23)C1.[Na+]. The maximum atomic E-state index is 11.8. The van der Waals surface area contributed by atoms with Gasteiger partial charge in [0, 0.05) is 6.42 Å². The summed E-state index contributed by atoms with van der Waals surface area (Å²) in [6, 6.07) is 0. The van der Waals surface area contributed by atoms with Gasteiger partial charge in [-0.15, -0.1) is 11.8 Å². The van der Waals surface area contributed by atoms with Crippen LogP contribution in [-0.4, -0.2) is 34.0 Å².